The van der Waals surface area contributed by atoms with Gasteiger partial charge in [-0.25, -0.2) is 0 Å². The monoisotopic (exact) mass is 247 g/mol. The Labute approximate surface area is 106 Å². The molecule has 0 spiro atoms. The maximum atomic E-state index is 11.0. The zero-order chi connectivity index (χ0) is 13.0. The summed E-state index contributed by atoms with van der Waals surface area (Å²) in [5.74, 6) is 1.17. The van der Waals surface area contributed by atoms with Crippen molar-refractivity contribution >= 4 is 0 Å². The first kappa shape index (κ1) is 12.6. The first-order valence-electron chi connectivity index (χ1n) is 6.29. The van der Waals surface area contributed by atoms with Gasteiger partial charge in [0.25, 0.3) is 6.04 Å². The summed E-state index contributed by atoms with van der Waals surface area (Å²) in [5.41, 5.74) is 1.10. The molecular weight excluding hydrogens is 230 g/mol. The van der Waals surface area contributed by atoms with Crippen molar-refractivity contribution < 1.29 is 9.66 Å². The zero-order valence-corrected chi connectivity index (χ0v) is 10.5. The van der Waals surface area contributed by atoms with Gasteiger partial charge in [-0.05, 0) is 43.1 Å². The van der Waals surface area contributed by atoms with E-state index in [1.54, 1.807) is 6.08 Å². The highest BCUT2D eigenvalue weighted by Crippen LogP contribution is 2.26. The summed E-state index contributed by atoms with van der Waals surface area (Å²) in [7, 11) is 0. The standard InChI is InChI=1S/C14H17NO3/c1-2-11-8-9-13(15(16)17)14(10-11)18-12-6-4-3-5-7-12/h4,6-8,10,13H,2-3,5,9H2,1H3. The number of hydrogen-bond donors (Lipinski definition) is 0. The average molecular weight is 247 g/mol. The Bertz CT molecular complexity index is 458. The Morgan fingerprint density at radius 2 is 2.28 bits per heavy atom. The van der Waals surface area contributed by atoms with Gasteiger partial charge in [0.1, 0.15) is 5.76 Å². The lowest BCUT2D eigenvalue weighted by atomic mass is 10.00. The lowest BCUT2D eigenvalue weighted by Gasteiger charge is -2.19. The molecular formula is C14H17NO3. The van der Waals surface area contributed by atoms with Gasteiger partial charge in [-0.15, -0.1) is 0 Å². The summed E-state index contributed by atoms with van der Waals surface area (Å²) < 4.78 is 5.69. The van der Waals surface area contributed by atoms with Gasteiger partial charge in [-0.1, -0.05) is 19.1 Å². The number of rotatable bonds is 4. The molecule has 0 aromatic carbocycles. The Kier molecular flexibility index (Phi) is 3.97. The highest BCUT2D eigenvalue weighted by atomic mass is 16.6. The molecule has 2 aliphatic rings. The third kappa shape index (κ3) is 2.88. The van der Waals surface area contributed by atoms with Crippen LogP contribution >= 0.6 is 0 Å². The summed E-state index contributed by atoms with van der Waals surface area (Å²) in [4.78, 5) is 10.7. The molecule has 2 aliphatic carbocycles. The van der Waals surface area contributed by atoms with Crippen molar-refractivity contribution in [3.8, 4) is 0 Å². The highest BCUT2D eigenvalue weighted by Gasteiger charge is 2.29. The summed E-state index contributed by atoms with van der Waals surface area (Å²) in [5, 5.41) is 11.0. The van der Waals surface area contributed by atoms with E-state index in [-0.39, 0.29) is 4.92 Å². The Morgan fingerprint density at radius 1 is 1.44 bits per heavy atom. The van der Waals surface area contributed by atoms with Crippen LogP contribution in [0.3, 0.4) is 0 Å². The molecule has 96 valence electrons. The molecule has 0 fully saturated rings. The van der Waals surface area contributed by atoms with Crippen LogP contribution in [0, 0.1) is 10.1 Å². The molecule has 4 heteroatoms. The van der Waals surface area contributed by atoms with Gasteiger partial charge in [0, 0.05) is 11.3 Å². The second kappa shape index (κ2) is 5.67. The van der Waals surface area contributed by atoms with Gasteiger partial charge in [0.05, 0.1) is 0 Å². The molecule has 0 heterocycles. The maximum Gasteiger partial charge on any atom is 0.273 e. The van der Waals surface area contributed by atoms with E-state index in [9.17, 15) is 10.1 Å². The largest absolute Gasteiger partial charge is 0.455 e. The number of nitro groups is 1. The van der Waals surface area contributed by atoms with Gasteiger partial charge in [-0.2, -0.15) is 0 Å². The summed E-state index contributed by atoms with van der Waals surface area (Å²) in [6.07, 6.45) is 12.8. The van der Waals surface area contributed by atoms with E-state index in [4.69, 9.17) is 4.74 Å². The van der Waals surface area contributed by atoms with Crippen LogP contribution in [0.25, 0.3) is 0 Å². The van der Waals surface area contributed by atoms with E-state index in [0.717, 1.165) is 30.6 Å². The maximum absolute atomic E-state index is 11.0. The van der Waals surface area contributed by atoms with Crippen molar-refractivity contribution in [1.29, 1.82) is 0 Å². The highest BCUT2D eigenvalue weighted by molar-refractivity contribution is 5.30. The van der Waals surface area contributed by atoms with E-state index in [1.807, 2.05) is 31.2 Å². The second-order valence-electron chi connectivity index (χ2n) is 4.40. The minimum absolute atomic E-state index is 0.276. The smallest absolute Gasteiger partial charge is 0.273 e. The van der Waals surface area contributed by atoms with Crippen LogP contribution in [0.2, 0.25) is 0 Å². The van der Waals surface area contributed by atoms with Crippen LogP contribution in [0.5, 0.6) is 0 Å². The molecule has 0 saturated heterocycles. The van der Waals surface area contributed by atoms with E-state index in [2.05, 4.69) is 0 Å². The van der Waals surface area contributed by atoms with Crippen LogP contribution < -0.4 is 0 Å². The second-order valence-corrected chi connectivity index (χ2v) is 4.40. The fourth-order valence-electron chi connectivity index (χ4n) is 2.05. The fourth-order valence-corrected chi connectivity index (χ4v) is 2.05. The van der Waals surface area contributed by atoms with Gasteiger partial charge >= 0.3 is 0 Å². The number of ether oxygens (including phenoxy) is 1. The molecule has 4 nitrogen and oxygen atoms in total. The fraction of sp³-hybridized carbons (Fsp3) is 0.429. The van der Waals surface area contributed by atoms with Crippen LogP contribution in [0.4, 0.5) is 0 Å². The number of allylic oxidation sites excluding steroid dienone is 5. The molecule has 0 bridgehead atoms. The molecule has 1 unspecified atom stereocenters. The normalized spacial score (nSPS) is 22.9. The van der Waals surface area contributed by atoms with Gasteiger partial charge in [0.15, 0.2) is 5.76 Å². The molecule has 0 saturated carbocycles. The van der Waals surface area contributed by atoms with E-state index in [0.29, 0.717) is 12.2 Å². The summed E-state index contributed by atoms with van der Waals surface area (Å²) in [6.45, 7) is 2.03. The Morgan fingerprint density at radius 3 is 2.89 bits per heavy atom. The predicted molar refractivity (Wildman–Crippen MR) is 69.4 cm³/mol. The van der Waals surface area contributed by atoms with Crippen molar-refractivity contribution in [2.75, 3.05) is 0 Å². The van der Waals surface area contributed by atoms with Crippen LogP contribution in [-0.4, -0.2) is 11.0 Å². The zero-order valence-electron chi connectivity index (χ0n) is 10.5. The lowest BCUT2D eigenvalue weighted by Crippen LogP contribution is -2.25. The third-order valence-corrected chi connectivity index (χ3v) is 3.12. The quantitative estimate of drug-likeness (QED) is 0.564. The molecule has 0 aromatic heterocycles. The molecule has 0 amide bonds. The number of hydrogen-bond acceptors (Lipinski definition) is 3. The van der Waals surface area contributed by atoms with Crippen LogP contribution in [0.15, 0.2) is 47.5 Å². The van der Waals surface area contributed by atoms with Crippen LogP contribution in [0.1, 0.15) is 32.6 Å². The molecule has 1 atom stereocenters. The third-order valence-electron chi connectivity index (χ3n) is 3.12. The minimum Gasteiger partial charge on any atom is -0.455 e. The van der Waals surface area contributed by atoms with Crippen molar-refractivity contribution in [2.45, 2.75) is 38.6 Å². The van der Waals surface area contributed by atoms with Gasteiger partial charge < -0.3 is 4.74 Å². The van der Waals surface area contributed by atoms with Gasteiger partial charge in [-0.3, -0.25) is 10.1 Å². The van der Waals surface area contributed by atoms with E-state index >= 15 is 0 Å². The summed E-state index contributed by atoms with van der Waals surface area (Å²) in [6, 6.07) is -0.753. The number of nitrogens with zero attached hydrogens (tertiary/aromatic N) is 1. The minimum atomic E-state index is -0.753. The first-order valence-corrected chi connectivity index (χ1v) is 6.29. The molecule has 0 N–H and O–H groups in total. The lowest BCUT2D eigenvalue weighted by molar-refractivity contribution is -0.515. The van der Waals surface area contributed by atoms with Crippen LogP contribution in [-0.2, 0) is 4.74 Å². The molecule has 18 heavy (non-hydrogen) atoms. The van der Waals surface area contributed by atoms with E-state index in [1.165, 1.54) is 0 Å². The average Bonchev–Trinajstić information content (AvgIpc) is 2.39. The Hall–Kier alpha value is -1.84. The van der Waals surface area contributed by atoms with Crippen molar-refractivity contribution in [3.05, 3.63) is 57.6 Å². The van der Waals surface area contributed by atoms with E-state index < -0.39 is 6.04 Å². The van der Waals surface area contributed by atoms with Crippen molar-refractivity contribution in [2.24, 2.45) is 0 Å². The SMILES string of the molecule is CCC1=CCC([N+](=O)[O-])C(OC2=CCCC=C2)=C1. The summed E-state index contributed by atoms with van der Waals surface area (Å²) >= 11 is 0. The van der Waals surface area contributed by atoms with Crippen molar-refractivity contribution in [3.63, 3.8) is 0 Å². The molecule has 0 aliphatic heterocycles. The Balaban J connectivity index is 2.17. The van der Waals surface area contributed by atoms with Crippen molar-refractivity contribution in [1.82, 2.24) is 0 Å². The molecule has 0 radical (unpaired) electrons. The first-order chi connectivity index (χ1) is 8.70. The predicted octanol–water partition coefficient (Wildman–Crippen LogP) is 3.51. The molecule has 0 aromatic rings. The molecule has 2 rings (SSSR count). The topological polar surface area (TPSA) is 52.4 Å². The van der Waals surface area contributed by atoms with Gasteiger partial charge in [0.2, 0.25) is 0 Å².